The number of amides is 2. The van der Waals surface area contributed by atoms with E-state index in [1.54, 1.807) is 6.20 Å². The molecule has 2 atom stereocenters. The van der Waals surface area contributed by atoms with Crippen LogP contribution in [-0.4, -0.2) is 56.4 Å². The minimum absolute atomic E-state index is 0.0398. The Morgan fingerprint density at radius 2 is 1.84 bits per heavy atom. The number of hydrogen-bond donors (Lipinski definition) is 0. The van der Waals surface area contributed by atoms with Gasteiger partial charge < -0.3 is 9.80 Å². The smallest absolute Gasteiger partial charge is 0.267 e. The topological polar surface area (TPSA) is 66.4 Å². The third-order valence-electron chi connectivity index (χ3n) is 5.40. The molecule has 130 valence electrons. The Kier molecular flexibility index (Phi) is 4.25. The normalized spacial score (nSPS) is 25.0. The largest absolute Gasteiger partial charge is 0.339 e. The Morgan fingerprint density at radius 1 is 1.16 bits per heavy atom. The molecule has 3 heterocycles. The van der Waals surface area contributed by atoms with Gasteiger partial charge in [-0.3, -0.25) is 9.59 Å². The van der Waals surface area contributed by atoms with Gasteiger partial charge in [0.2, 0.25) is 0 Å². The van der Waals surface area contributed by atoms with Crippen molar-refractivity contribution in [1.29, 1.82) is 0 Å². The van der Waals surface area contributed by atoms with Crippen molar-refractivity contribution in [3.63, 3.8) is 0 Å². The lowest BCUT2D eigenvalue weighted by atomic mass is 9.95. The van der Waals surface area contributed by atoms with E-state index in [0.717, 1.165) is 37.2 Å². The zero-order valence-electron chi connectivity index (χ0n) is 14.0. The molecular formula is C18H20N4O2S. The number of nitrogens with zero attached hydrogens (tertiary/aromatic N) is 4. The Hall–Kier alpha value is -2.28. The molecule has 2 bridgehead atoms. The summed E-state index contributed by atoms with van der Waals surface area (Å²) in [5.41, 5.74) is 0.714. The number of carbonyl (C=O) groups is 2. The monoisotopic (exact) mass is 356 g/mol. The summed E-state index contributed by atoms with van der Waals surface area (Å²) in [5.74, 6) is 0.0921. The van der Waals surface area contributed by atoms with Crippen LogP contribution in [0.3, 0.4) is 0 Å². The van der Waals surface area contributed by atoms with Crippen molar-refractivity contribution in [3.8, 4) is 0 Å². The second kappa shape index (κ2) is 6.55. The van der Waals surface area contributed by atoms with Gasteiger partial charge in [0, 0.05) is 30.7 Å². The minimum atomic E-state index is 0.0398. The molecule has 2 aliphatic heterocycles. The van der Waals surface area contributed by atoms with Gasteiger partial charge in [0.05, 0.1) is 6.20 Å². The van der Waals surface area contributed by atoms with Crippen LogP contribution in [0.1, 0.15) is 45.7 Å². The zero-order valence-corrected chi connectivity index (χ0v) is 14.9. The van der Waals surface area contributed by atoms with E-state index in [-0.39, 0.29) is 29.9 Å². The number of piperidine rings is 1. The summed E-state index contributed by atoms with van der Waals surface area (Å²) in [6.45, 7) is 0. The lowest BCUT2D eigenvalue weighted by Crippen LogP contribution is -2.52. The summed E-state index contributed by atoms with van der Waals surface area (Å²) in [5, 5.41) is 3.78. The van der Waals surface area contributed by atoms with Gasteiger partial charge in [-0.1, -0.05) is 22.7 Å². The van der Waals surface area contributed by atoms with Gasteiger partial charge >= 0.3 is 0 Å². The summed E-state index contributed by atoms with van der Waals surface area (Å²) in [6.07, 6.45) is 5.23. The standard InChI is InChI=1S/C18H20N4O2S/c1-21(17(23)12-5-3-2-4-6-12)15-9-13-7-8-14(10-15)22(13)18(24)16-11-19-20-25-16/h2-6,11,13-15H,7-10H2,1H3. The maximum Gasteiger partial charge on any atom is 0.267 e. The molecule has 1 aromatic heterocycles. The number of aromatic nitrogens is 2. The van der Waals surface area contributed by atoms with E-state index in [1.807, 2.05) is 47.2 Å². The second-order valence-corrected chi connectivity index (χ2v) is 7.57. The summed E-state index contributed by atoms with van der Waals surface area (Å²) < 4.78 is 3.80. The van der Waals surface area contributed by atoms with Crippen LogP contribution < -0.4 is 0 Å². The van der Waals surface area contributed by atoms with Crippen molar-refractivity contribution in [2.75, 3.05) is 7.05 Å². The third-order valence-corrected chi connectivity index (χ3v) is 6.06. The average molecular weight is 356 g/mol. The lowest BCUT2D eigenvalue weighted by molar-refractivity contribution is 0.0410. The van der Waals surface area contributed by atoms with Crippen molar-refractivity contribution >= 4 is 23.3 Å². The fourth-order valence-electron chi connectivity index (χ4n) is 4.13. The SMILES string of the molecule is CN(C(=O)c1ccccc1)C1CC2CCC(C1)N2C(=O)c1cnns1. The molecule has 0 saturated carbocycles. The van der Waals surface area contributed by atoms with E-state index in [9.17, 15) is 9.59 Å². The first kappa shape index (κ1) is 16.2. The number of hydrogen-bond acceptors (Lipinski definition) is 5. The van der Waals surface area contributed by atoms with Gasteiger partial charge in [-0.05, 0) is 49.3 Å². The van der Waals surface area contributed by atoms with E-state index in [1.165, 1.54) is 0 Å². The van der Waals surface area contributed by atoms with Gasteiger partial charge in [0.1, 0.15) is 4.88 Å². The molecule has 0 N–H and O–H groups in total. The molecule has 25 heavy (non-hydrogen) atoms. The van der Waals surface area contributed by atoms with Crippen molar-refractivity contribution in [2.24, 2.45) is 0 Å². The van der Waals surface area contributed by atoms with Crippen LogP contribution in [0.15, 0.2) is 36.5 Å². The van der Waals surface area contributed by atoms with E-state index in [0.29, 0.717) is 10.4 Å². The Labute approximate surface area is 150 Å². The highest BCUT2D eigenvalue weighted by Gasteiger charge is 2.45. The Bertz CT molecular complexity index is 751. The fourth-order valence-corrected chi connectivity index (χ4v) is 4.59. The molecule has 2 saturated heterocycles. The average Bonchev–Trinajstić information content (AvgIpc) is 3.27. The fraction of sp³-hybridized carbons (Fsp3) is 0.444. The number of carbonyl (C=O) groups excluding carboxylic acids is 2. The van der Waals surface area contributed by atoms with Crippen LogP contribution in [0.5, 0.6) is 0 Å². The Balaban J connectivity index is 1.48. The molecule has 6 nitrogen and oxygen atoms in total. The van der Waals surface area contributed by atoms with Crippen molar-refractivity contribution in [2.45, 2.75) is 43.8 Å². The predicted molar refractivity (Wildman–Crippen MR) is 94.4 cm³/mol. The minimum Gasteiger partial charge on any atom is -0.339 e. The van der Waals surface area contributed by atoms with E-state index < -0.39 is 0 Å². The molecule has 0 spiro atoms. The van der Waals surface area contributed by atoms with Gasteiger partial charge in [-0.15, -0.1) is 5.10 Å². The molecule has 1 aromatic carbocycles. The molecule has 2 amide bonds. The molecule has 2 aliphatic rings. The van der Waals surface area contributed by atoms with Crippen LogP contribution >= 0.6 is 11.5 Å². The summed E-state index contributed by atoms with van der Waals surface area (Å²) >= 11 is 1.15. The molecule has 0 aliphatic carbocycles. The van der Waals surface area contributed by atoms with Gasteiger partial charge in [-0.25, -0.2) is 0 Å². The molecule has 2 fully saturated rings. The molecule has 2 aromatic rings. The van der Waals surface area contributed by atoms with Gasteiger partial charge in [-0.2, -0.15) is 0 Å². The van der Waals surface area contributed by atoms with Gasteiger partial charge in [0.15, 0.2) is 0 Å². The number of rotatable bonds is 3. The van der Waals surface area contributed by atoms with E-state index >= 15 is 0 Å². The van der Waals surface area contributed by atoms with E-state index in [4.69, 9.17) is 0 Å². The van der Waals surface area contributed by atoms with Crippen molar-refractivity contribution in [1.82, 2.24) is 19.4 Å². The molecule has 7 heteroatoms. The summed E-state index contributed by atoms with van der Waals surface area (Å²) in [7, 11) is 1.88. The highest BCUT2D eigenvalue weighted by atomic mass is 32.1. The quantitative estimate of drug-likeness (QED) is 0.847. The third kappa shape index (κ3) is 2.93. The van der Waals surface area contributed by atoms with Crippen LogP contribution in [-0.2, 0) is 0 Å². The molecule has 4 rings (SSSR count). The number of fused-ring (bicyclic) bond motifs is 2. The second-order valence-electron chi connectivity index (χ2n) is 6.79. The molecule has 0 radical (unpaired) electrons. The number of benzene rings is 1. The highest BCUT2D eigenvalue weighted by Crippen LogP contribution is 2.38. The zero-order chi connectivity index (χ0) is 17.4. The van der Waals surface area contributed by atoms with Crippen LogP contribution in [0.25, 0.3) is 0 Å². The predicted octanol–water partition coefficient (Wildman–Crippen LogP) is 2.45. The molecular weight excluding hydrogens is 336 g/mol. The van der Waals surface area contributed by atoms with Crippen LogP contribution in [0.2, 0.25) is 0 Å². The van der Waals surface area contributed by atoms with Crippen molar-refractivity contribution in [3.05, 3.63) is 47.0 Å². The summed E-state index contributed by atoms with van der Waals surface area (Å²) in [6, 6.07) is 9.95. The van der Waals surface area contributed by atoms with E-state index in [2.05, 4.69) is 9.59 Å². The first-order valence-electron chi connectivity index (χ1n) is 8.57. The lowest BCUT2D eigenvalue weighted by Gasteiger charge is -2.42. The maximum absolute atomic E-state index is 12.7. The maximum atomic E-state index is 12.7. The van der Waals surface area contributed by atoms with Crippen molar-refractivity contribution < 1.29 is 9.59 Å². The first-order chi connectivity index (χ1) is 12.1. The van der Waals surface area contributed by atoms with Crippen LogP contribution in [0.4, 0.5) is 0 Å². The Morgan fingerprint density at radius 3 is 2.44 bits per heavy atom. The highest BCUT2D eigenvalue weighted by molar-refractivity contribution is 7.07. The molecule has 2 unspecified atom stereocenters. The summed E-state index contributed by atoms with van der Waals surface area (Å²) in [4.78, 5) is 29.9. The van der Waals surface area contributed by atoms with Crippen LogP contribution in [0, 0.1) is 0 Å². The van der Waals surface area contributed by atoms with Gasteiger partial charge in [0.25, 0.3) is 11.8 Å². The first-order valence-corrected chi connectivity index (χ1v) is 9.34.